The van der Waals surface area contributed by atoms with Gasteiger partial charge in [0.15, 0.2) is 11.5 Å². The lowest BCUT2D eigenvalue weighted by molar-refractivity contribution is 0.0938. The maximum absolute atomic E-state index is 12.3. The first kappa shape index (κ1) is 16.0. The molecule has 0 unspecified atom stereocenters. The van der Waals surface area contributed by atoms with Crippen LogP contribution in [0.5, 0.6) is 17.2 Å². The van der Waals surface area contributed by atoms with Crippen LogP contribution in [0.2, 0.25) is 0 Å². The predicted molar refractivity (Wildman–Crippen MR) is 83.5 cm³/mol. The predicted octanol–water partition coefficient (Wildman–Crippen LogP) is 2.25. The van der Waals surface area contributed by atoms with Gasteiger partial charge in [0, 0.05) is 12.1 Å². The van der Waals surface area contributed by atoms with Gasteiger partial charge in [-0.1, -0.05) is 12.3 Å². The zero-order chi connectivity index (χ0) is 15.9. The van der Waals surface area contributed by atoms with E-state index in [1.165, 1.54) is 33.5 Å². The Morgan fingerprint density at radius 3 is 2.41 bits per heavy atom. The summed E-state index contributed by atoms with van der Waals surface area (Å²) in [6.45, 7) is 0.804. The SMILES string of the molecule is C#CCOc1c(OC)cc(C(=O)NCC2CCC2)cc1OC. The molecule has 0 aromatic heterocycles. The number of carbonyl (C=O) groups is 1. The molecule has 0 atom stereocenters. The van der Waals surface area contributed by atoms with Crippen LogP contribution < -0.4 is 19.5 Å². The average molecular weight is 303 g/mol. The Kier molecular flexibility index (Phi) is 5.54. The van der Waals surface area contributed by atoms with Gasteiger partial charge in [0.05, 0.1) is 14.2 Å². The highest BCUT2D eigenvalue weighted by Crippen LogP contribution is 2.38. The summed E-state index contributed by atoms with van der Waals surface area (Å²) in [5, 5.41) is 2.94. The number of rotatable bonds is 7. The fourth-order valence-corrected chi connectivity index (χ4v) is 2.30. The van der Waals surface area contributed by atoms with Crippen LogP contribution in [0.15, 0.2) is 12.1 Å². The molecule has 1 aliphatic carbocycles. The molecule has 0 saturated heterocycles. The average Bonchev–Trinajstić information content (AvgIpc) is 2.50. The molecule has 0 spiro atoms. The van der Waals surface area contributed by atoms with Gasteiger partial charge in [-0.2, -0.15) is 0 Å². The number of methoxy groups -OCH3 is 2. The summed E-state index contributed by atoms with van der Waals surface area (Å²) in [4.78, 5) is 12.3. The highest BCUT2D eigenvalue weighted by Gasteiger charge is 2.20. The summed E-state index contributed by atoms with van der Waals surface area (Å²) in [5.74, 6) is 4.09. The van der Waals surface area contributed by atoms with Crippen LogP contribution in [0.1, 0.15) is 29.6 Å². The highest BCUT2D eigenvalue weighted by atomic mass is 16.5. The smallest absolute Gasteiger partial charge is 0.251 e. The molecule has 5 heteroatoms. The fourth-order valence-electron chi connectivity index (χ4n) is 2.30. The number of benzene rings is 1. The van der Waals surface area contributed by atoms with Gasteiger partial charge in [0.25, 0.3) is 5.91 Å². The maximum atomic E-state index is 12.3. The first-order chi connectivity index (χ1) is 10.7. The van der Waals surface area contributed by atoms with Crippen LogP contribution in [-0.2, 0) is 0 Å². The monoisotopic (exact) mass is 303 g/mol. The second-order valence-corrected chi connectivity index (χ2v) is 5.21. The van der Waals surface area contributed by atoms with E-state index in [0.717, 1.165) is 0 Å². The van der Waals surface area contributed by atoms with Crippen LogP contribution in [0.4, 0.5) is 0 Å². The van der Waals surface area contributed by atoms with Gasteiger partial charge in [0.2, 0.25) is 5.75 Å². The molecule has 22 heavy (non-hydrogen) atoms. The Morgan fingerprint density at radius 2 is 1.95 bits per heavy atom. The quantitative estimate of drug-likeness (QED) is 0.785. The van der Waals surface area contributed by atoms with Crippen molar-refractivity contribution in [3.63, 3.8) is 0 Å². The van der Waals surface area contributed by atoms with Gasteiger partial charge in [-0.15, -0.1) is 6.42 Å². The van der Waals surface area contributed by atoms with Crippen molar-refractivity contribution in [2.45, 2.75) is 19.3 Å². The van der Waals surface area contributed by atoms with Crippen molar-refractivity contribution in [3.05, 3.63) is 17.7 Å². The molecule has 1 aromatic rings. The Morgan fingerprint density at radius 1 is 1.32 bits per heavy atom. The first-order valence-electron chi connectivity index (χ1n) is 7.30. The molecule has 5 nitrogen and oxygen atoms in total. The standard InChI is InChI=1S/C17H21NO4/c1-4-8-22-16-14(20-2)9-13(10-15(16)21-3)17(19)18-11-12-6-5-7-12/h1,9-10,12H,5-8,11H2,2-3H3,(H,18,19). The van der Waals surface area contributed by atoms with Gasteiger partial charge in [-0.05, 0) is 30.9 Å². The molecule has 0 heterocycles. The number of ether oxygens (including phenoxy) is 3. The van der Waals surface area contributed by atoms with Crippen LogP contribution in [0, 0.1) is 18.3 Å². The summed E-state index contributed by atoms with van der Waals surface area (Å²) < 4.78 is 16.0. The van der Waals surface area contributed by atoms with E-state index in [-0.39, 0.29) is 12.5 Å². The van der Waals surface area contributed by atoms with E-state index in [1.807, 2.05) is 0 Å². The van der Waals surface area contributed by atoms with E-state index in [9.17, 15) is 4.79 Å². The Bertz CT molecular complexity index is 548. The molecule has 118 valence electrons. The van der Waals surface area contributed by atoms with Crippen LogP contribution in [0.3, 0.4) is 0 Å². The normalized spacial score (nSPS) is 13.7. The number of hydrogen-bond donors (Lipinski definition) is 1. The van der Waals surface area contributed by atoms with E-state index in [1.54, 1.807) is 12.1 Å². The van der Waals surface area contributed by atoms with Gasteiger partial charge in [-0.3, -0.25) is 4.79 Å². The molecule has 0 aliphatic heterocycles. The van der Waals surface area contributed by atoms with Crippen molar-refractivity contribution in [1.82, 2.24) is 5.32 Å². The van der Waals surface area contributed by atoms with Crippen molar-refractivity contribution in [2.24, 2.45) is 5.92 Å². The minimum atomic E-state index is -0.146. The van der Waals surface area contributed by atoms with Crippen molar-refractivity contribution in [1.29, 1.82) is 0 Å². The van der Waals surface area contributed by atoms with E-state index < -0.39 is 0 Å². The van der Waals surface area contributed by atoms with Gasteiger partial charge < -0.3 is 19.5 Å². The first-order valence-corrected chi connectivity index (χ1v) is 7.30. The minimum absolute atomic E-state index is 0.0972. The minimum Gasteiger partial charge on any atom is -0.493 e. The van der Waals surface area contributed by atoms with Gasteiger partial charge >= 0.3 is 0 Å². The molecular formula is C17H21NO4. The second kappa shape index (κ2) is 7.60. The lowest BCUT2D eigenvalue weighted by Crippen LogP contribution is -2.32. The summed E-state index contributed by atoms with van der Waals surface area (Å²) in [5.41, 5.74) is 0.473. The largest absolute Gasteiger partial charge is 0.493 e. The van der Waals surface area contributed by atoms with E-state index in [0.29, 0.717) is 35.3 Å². The third-order valence-corrected chi connectivity index (χ3v) is 3.80. The molecule has 1 aromatic carbocycles. The lowest BCUT2D eigenvalue weighted by atomic mass is 9.85. The Labute approximate surface area is 130 Å². The molecule has 0 bridgehead atoms. The van der Waals surface area contributed by atoms with Crippen molar-refractivity contribution < 1.29 is 19.0 Å². The third-order valence-electron chi connectivity index (χ3n) is 3.80. The summed E-state index contributed by atoms with van der Waals surface area (Å²) in [6.07, 6.45) is 8.83. The molecule has 0 radical (unpaired) electrons. The molecule has 1 fully saturated rings. The van der Waals surface area contributed by atoms with Gasteiger partial charge in [0.1, 0.15) is 6.61 Å². The number of terminal acetylenes is 1. The number of hydrogen-bond acceptors (Lipinski definition) is 4. The van der Waals surface area contributed by atoms with Crippen LogP contribution >= 0.6 is 0 Å². The van der Waals surface area contributed by atoms with E-state index in [2.05, 4.69) is 11.2 Å². The molecule has 1 amide bonds. The maximum Gasteiger partial charge on any atom is 0.251 e. The van der Waals surface area contributed by atoms with E-state index in [4.69, 9.17) is 20.6 Å². The van der Waals surface area contributed by atoms with E-state index >= 15 is 0 Å². The number of carbonyl (C=O) groups excluding carboxylic acids is 1. The number of amides is 1. The van der Waals surface area contributed by atoms with Crippen molar-refractivity contribution >= 4 is 5.91 Å². The zero-order valence-electron chi connectivity index (χ0n) is 13.0. The number of nitrogens with one attached hydrogen (secondary N) is 1. The lowest BCUT2D eigenvalue weighted by Gasteiger charge is -2.25. The second-order valence-electron chi connectivity index (χ2n) is 5.21. The molecule has 2 rings (SSSR count). The topological polar surface area (TPSA) is 56.8 Å². The summed E-state index contributed by atoms with van der Waals surface area (Å²) >= 11 is 0. The Hall–Kier alpha value is -2.35. The molecule has 1 aliphatic rings. The molecule has 1 N–H and O–H groups in total. The van der Waals surface area contributed by atoms with Crippen molar-refractivity contribution in [3.8, 4) is 29.6 Å². The fraction of sp³-hybridized carbons (Fsp3) is 0.471. The van der Waals surface area contributed by atoms with Gasteiger partial charge in [-0.25, -0.2) is 0 Å². The van der Waals surface area contributed by atoms with Crippen LogP contribution in [0.25, 0.3) is 0 Å². The third kappa shape index (κ3) is 3.64. The van der Waals surface area contributed by atoms with Crippen molar-refractivity contribution in [2.75, 3.05) is 27.4 Å². The molecule has 1 saturated carbocycles. The summed E-state index contributed by atoms with van der Waals surface area (Å²) in [7, 11) is 3.01. The zero-order valence-corrected chi connectivity index (χ0v) is 13.0. The summed E-state index contributed by atoms with van der Waals surface area (Å²) in [6, 6.07) is 3.26. The van der Waals surface area contributed by atoms with Crippen LogP contribution in [-0.4, -0.2) is 33.3 Å². The molecular weight excluding hydrogens is 282 g/mol. The highest BCUT2D eigenvalue weighted by molar-refractivity contribution is 5.95. The Balaban J connectivity index is 2.16.